The number of amides is 1. The number of rotatable bonds is 5. The molecule has 0 unspecified atom stereocenters. The molecule has 0 aliphatic carbocycles. The summed E-state index contributed by atoms with van der Waals surface area (Å²) in [5.74, 6) is -0.0839. The van der Waals surface area contributed by atoms with Gasteiger partial charge in [0.05, 0.1) is 18.1 Å². The van der Waals surface area contributed by atoms with Gasteiger partial charge in [-0.25, -0.2) is 13.1 Å². The maximum Gasteiger partial charge on any atom is 0.266 e. The van der Waals surface area contributed by atoms with Crippen LogP contribution in [0.25, 0.3) is 6.08 Å². The third kappa shape index (κ3) is 4.94. The van der Waals surface area contributed by atoms with E-state index in [1.165, 1.54) is 13.2 Å². The van der Waals surface area contributed by atoms with Gasteiger partial charge in [-0.05, 0) is 64.3 Å². The molecular formula is C17H16BrNO4S. The number of methoxy groups -OCH3 is 1. The molecule has 0 atom stereocenters. The van der Waals surface area contributed by atoms with E-state index >= 15 is 0 Å². The molecule has 0 spiro atoms. The van der Waals surface area contributed by atoms with Crippen LogP contribution in [0, 0.1) is 6.92 Å². The van der Waals surface area contributed by atoms with Crippen LogP contribution in [0.15, 0.2) is 52.3 Å². The molecule has 0 saturated carbocycles. The van der Waals surface area contributed by atoms with Gasteiger partial charge >= 0.3 is 0 Å². The molecule has 126 valence electrons. The number of nitrogens with one attached hydrogen (secondary N) is 1. The highest BCUT2D eigenvalue weighted by molar-refractivity contribution is 9.10. The largest absolute Gasteiger partial charge is 0.497 e. The van der Waals surface area contributed by atoms with Crippen molar-refractivity contribution < 1.29 is 17.9 Å². The molecule has 2 aromatic carbocycles. The van der Waals surface area contributed by atoms with Gasteiger partial charge in [-0.1, -0.05) is 18.2 Å². The summed E-state index contributed by atoms with van der Waals surface area (Å²) in [5.41, 5.74) is 1.85. The van der Waals surface area contributed by atoms with Crippen LogP contribution >= 0.6 is 15.9 Å². The molecule has 7 heteroatoms. The molecule has 24 heavy (non-hydrogen) atoms. The van der Waals surface area contributed by atoms with E-state index < -0.39 is 15.9 Å². The lowest BCUT2D eigenvalue weighted by Crippen LogP contribution is -2.29. The van der Waals surface area contributed by atoms with E-state index in [0.29, 0.717) is 15.8 Å². The zero-order valence-corrected chi connectivity index (χ0v) is 15.5. The standard InChI is InChI=1S/C17H16BrNO4S/c1-12-6-7-15(16(18)10-12)17(20)19-24(21,22)9-8-13-4-3-5-14(11-13)23-2/h3-11H,1-2H3,(H,19,20)/b9-8+. The molecule has 0 radical (unpaired) electrons. The van der Waals surface area contributed by atoms with E-state index in [-0.39, 0.29) is 5.56 Å². The molecule has 0 bridgehead atoms. The fraction of sp³-hybridized carbons (Fsp3) is 0.118. The SMILES string of the molecule is COc1cccc(/C=C/S(=O)(=O)NC(=O)c2ccc(C)cc2Br)c1. The quantitative estimate of drug-likeness (QED) is 0.819. The maximum absolute atomic E-state index is 12.1. The zero-order valence-electron chi connectivity index (χ0n) is 13.1. The second kappa shape index (κ2) is 7.63. The Bertz CT molecular complexity index is 891. The highest BCUT2D eigenvalue weighted by Gasteiger charge is 2.15. The van der Waals surface area contributed by atoms with Crippen molar-refractivity contribution in [3.05, 3.63) is 69.0 Å². The predicted molar refractivity (Wildman–Crippen MR) is 97.3 cm³/mol. The highest BCUT2D eigenvalue weighted by atomic mass is 79.9. The van der Waals surface area contributed by atoms with Crippen LogP contribution in [0.4, 0.5) is 0 Å². The van der Waals surface area contributed by atoms with Crippen molar-refractivity contribution in [2.24, 2.45) is 0 Å². The molecule has 1 N–H and O–H groups in total. The Hall–Kier alpha value is -2.12. The fourth-order valence-corrected chi connectivity index (χ4v) is 3.38. The Morgan fingerprint density at radius 1 is 1.21 bits per heavy atom. The molecule has 0 aromatic heterocycles. The average molecular weight is 410 g/mol. The van der Waals surface area contributed by atoms with Crippen LogP contribution in [-0.4, -0.2) is 21.4 Å². The van der Waals surface area contributed by atoms with Gasteiger partial charge in [-0.15, -0.1) is 0 Å². The zero-order chi connectivity index (χ0) is 17.7. The van der Waals surface area contributed by atoms with E-state index in [1.807, 2.05) is 11.6 Å². The molecule has 0 fully saturated rings. The van der Waals surface area contributed by atoms with Crippen LogP contribution in [0.2, 0.25) is 0 Å². The number of carbonyl (C=O) groups is 1. The van der Waals surface area contributed by atoms with Gasteiger partial charge in [-0.2, -0.15) is 0 Å². The van der Waals surface area contributed by atoms with Gasteiger partial charge in [0.15, 0.2) is 0 Å². The lowest BCUT2D eigenvalue weighted by molar-refractivity contribution is 0.0981. The summed E-state index contributed by atoms with van der Waals surface area (Å²) in [5, 5.41) is 0.946. The molecule has 1 amide bonds. The number of benzene rings is 2. The van der Waals surface area contributed by atoms with Crippen LogP contribution in [-0.2, 0) is 10.0 Å². The molecule has 2 rings (SSSR count). The van der Waals surface area contributed by atoms with Gasteiger partial charge < -0.3 is 4.74 Å². The van der Waals surface area contributed by atoms with Crippen molar-refractivity contribution in [3.8, 4) is 5.75 Å². The molecule has 0 aliphatic heterocycles. The molecule has 5 nitrogen and oxygen atoms in total. The first-order valence-corrected chi connectivity index (χ1v) is 9.30. The lowest BCUT2D eigenvalue weighted by atomic mass is 10.1. The Balaban J connectivity index is 2.15. The number of sulfonamides is 1. The second-order valence-corrected chi connectivity index (χ2v) is 7.46. The smallest absolute Gasteiger partial charge is 0.266 e. The topological polar surface area (TPSA) is 72.5 Å². The summed E-state index contributed by atoms with van der Waals surface area (Å²) in [7, 11) is -2.39. The Kier molecular flexibility index (Phi) is 5.80. The van der Waals surface area contributed by atoms with E-state index in [9.17, 15) is 13.2 Å². The van der Waals surface area contributed by atoms with E-state index in [4.69, 9.17) is 4.74 Å². The summed E-state index contributed by atoms with van der Waals surface area (Å²) in [6.07, 6.45) is 1.39. The Morgan fingerprint density at radius 3 is 2.62 bits per heavy atom. The second-order valence-electron chi connectivity index (χ2n) is 5.04. The predicted octanol–water partition coefficient (Wildman–Crippen LogP) is 3.50. The van der Waals surface area contributed by atoms with E-state index in [0.717, 1.165) is 11.0 Å². The number of halogens is 1. The van der Waals surface area contributed by atoms with Gasteiger partial charge in [-0.3, -0.25) is 4.79 Å². The lowest BCUT2D eigenvalue weighted by Gasteiger charge is -2.06. The number of aryl methyl sites for hydroxylation is 1. The monoisotopic (exact) mass is 409 g/mol. The first-order valence-electron chi connectivity index (χ1n) is 6.96. The van der Waals surface area contributed by atoms with E-state index in [1.54, 1.807) is 42.5 Å². The van der Waals surface area contributed by atoms with Gasteiger partial charge in [0, 0.05) is 4.47 Å². The van der Waals surface area contributed by atoms with Crippen molar-refractivity contribution >= 4 is 37.9 Å². The molecule has 0 aliphatic rings. The summed E-state index contributed by atoms with van der Waals surface area (Å²) in [4.78, 5) is 12.1. The van der Waals surface area contributed by atoms with E-state index in [2.05, 4.69) is 15.9 Å². The van der Waals surface area contributed by atoms with Crippen LogP contribution in [0.3, 0.4) is 0 Å². The van der Waals surface area contributed by atoms with Crippen LogP contribution in [0.5, 0.6) is 5.75 Å². The van der Waals surface area contributed by atoms with Crippen LogP contribution < -0.4 is 9.46 Å². The van der Waals surface area contributed by atoms with Gasteiger partial charge in [0.2, 0.25) is 0 Å². The highest BCUT2D eigenvalue weighted by Crippen LogP contribution is 2.19. The third-order valence-electron chi connectivity index (χ3n) is 3.14. The number of carbonyl (C=O) groups excluding carboxylic acids is 1. The van der Waals surface area contributed by atoms with Crippen molar-refractivity contribution in [2.75, 3.05) is 7.11 Å². The first-order chi connectivity index (χ1) is 11.3. The molecule has 0 heterocycles. The Labute approximate surface area is 149 Å². The minimum atomic E-state index is -3.92. The minimum absolute atomic E-state index is 0.249. The summed E-state index contributed by atoms with van der Waals surface area (Å²) < 4.78 is 31.7. The van der Waals surface area contributed by atoms with Crippen molar-refractivity contribution in [3.63, 3.8) is 0 Å². The Morgan fingerprint density at radius 2 is 1.96 bits per heavy atom. The minimum Gasteiger partial charge on any atom is -0.497 e. The third-order valence-corrected chi connectivity index (χ3v) is 4.76. The number of hydrogen-bond donors (Lipinski definition) is 1. The van der Waals surface area contributed by atoms with Crippen molar-refractivity contribution in [1.29, 1.82) is 0 Å². The first kappa shape index (κ1) is 18.2. The van der Waals surface area contributed by atoms with Crippen LogP contribution in [0.1, 0.15) is 21.5 Å². The van der Waals surface area contributed by atoms with Crippen molar-refractivity contribution in [1.82, 2.24) is 4.72 Å². The number of hydrogen-bond acceptors (Lipinski definition) is 4. The number of ether oxygens (including phenoxy) is 1. The summed E-state index contributed by atoms with van der Waals surface area (Å²) in [6.45, 7) is 1.88. The maximum atomic E-state index is 12.1. The van der Waals surface area contributed by atoms with Gasteiger partial charge in [0.1, 0.15) is 5.75 Å². The molecular weight excluding hydrogens is 394 g/mol. The summed E-state index contributed by atoms with van der Waals surface area (Å²) in [6, 6.07) is 12.0. The molecule has 2 aromatic rings. The summed E-state index contributed by atoms with van der Waals surface area (Å²) >= 11 is 3.26. The fourth-order valence-electron chi connectivity index (χ4n) is 1.94. The van der Waals surface area contributed by atoms with Crippen molar-refractivity contribution in [2.45, 2.75) is 6.92 Å². The average Bonchev–Trinajstić information content (AvgIpc) is 2.52. The molecule has 0 saturated heterocycles. The normalized spacial score (nSPS) is 11.5. The van der Waals surface area contributed by atoms with Gasteiger partial charge in [0.25, 0.3) is 15.9 Å².